The standard InChI is InChI=1S/C14H22FN3O/c1-4-11-12(15)13(17-9-16-11)18-7-5-10(6-8-18)14(2,3)19/h9-10,19H,4-8H2,1-3H3. The lowest BCUT2D eigenvalue weighted by Gasteiger charge is -2.38. The van der Waals surface area contributed by atoms with E-state index in [1.807, 2.05) is 25.7 Å². The van der Waals surface area contributed by atoms with Crippen LogP contribution in [0.25, 0.3) is 0 Å². The topological polar surface area (TPSA) is 49.2 Å². The van der Waals surface area contributed by atoms with Crippen LogP contribution in [-0.4, -0.2) is 33.8 Å². The minimum Gasteiger partial charge on any atom is -0.390 e. The van der Waals surface area contributed by atoms with Gasteiger partial charge in [0.1, 0.15) is 6.33 Å². The zero-order valence-corrected chi connectivity index (χ0v) is 11.9. The van der Waals surface area contributed by atoms with Gasteiger partial charge in [-0.1, -0.05) is 6.92 Å². The Morgan fingerprint density at radius 3 is 2.53 bits per heavy atom. The smallest absolute Gasteiger partial charge is 0.187 e. The molecule has 1 aromatic rings. The van der Waals surface area contributed by atoms with E-state index in [-0.39, 0.29) is 11.7 Å². The first-order valence-electron chi connectivity index (χ1n) is 6.90. The number of aryl methyl sites for hydroxylation is 1. The van der Waals surface area contributed by atoms with Crippen molar-refractivity contribution >= 4 is 5.82 Å². The summed E-state index contributed by atoms with van der Waals surface area (Å²) in [4.78, 5) is 9.99. The molecule has 1 N–H and O–H groups in total. The molecule has 1 saturated heterocycles. The first kappa shape index (κ1) is 14.2. The van der Waals surface area contributed by atoms with Gasteiger partial charge >= 0.3 is 0 Å². The van der Waals surface area contributed by atoms with Crippen molar-refractivity contribution in [2.45, 2.75) is 45.6 Å². The van der Waals surface area contributed by atoms with Crippen LogP contribution in [0.1, 0.15) is 39.3 Å². The van der Waals surface area contributed by atoms with E-state index in [4.69, 9.17) is 0 Å². The molecule has 2 heterocycles. The molecule has 0 bridgehead atoms. The lowest BCUT2D eigenvalue weighted by Crippen LogP contribution is -2.42. The van der Waals surface area contributed by atoms with Crippen LogP contribution in [0.5, 0.6) is 0 Å². The highest BCUT2D eigenvalue weighted by atomic mass is 19.1. The molecule has 0 radical (unpaired) electrons. The summed E-state index contributed by atoms with van der Waals surface area (Å²) in [6.45, 7) is 7.02. The van der Waals surface area contributed by atoms with Gasteiger partial charge in [-0.15, -0.1) is 0 Å². The van der Waals surface area contributed by atoms with E-state index in [0.29, 0.717) is 17.9 Å². The molecule has 19 heavy (non-hydrogen) atoms. The van der Waals surface area contributed by atoms with Gasteiger partial charge in [-0.25, -0.2) is 14.4 Å². The number of hydrogen-bond acceptors (Lipinski definition) is 4. The zero-order valence-electron chi connectivity index (χ0n) is 11.9. The summed E-state index contributed by atoms with van der Waals surface area (Å²) < 4.78 is 14.2. The first-order valence-corrected chi connectivity index (χ1v) is 6.90. The molecular weight excluding hydrogens is 245 g/mol. The van der Waals surface area contributed by atoms with Gasteiger partial charge in [0.05, 0.1) is 11.3 Å². The molecule has 1 aliphatic heterocycles. The minimum absolute atomic E-state index is 0.263. The van der Waals surface area contributed by atoms with Crippen molar-refractivity contribution in [2.24, 2.45) is 5.92 Å². The van der Waals surface area contributed by atoms with Crippen LogP contribution < -0.4 is 4.90 Å². The molecule has 1 aliphatic rings. The van der Waals surface area contributed by atoms with E-state index >= 15 is 0 Å². The quantitative estimate of drug-likeness (QED) is 0.912. The normalized spacial score (nSPS) is 17.8. The Labute approximate surface area is 113 Å². The lowest BCUT2D eigenvalue weighted by molar-refractivity contribution is 0.00641. The molecule has 1 aromatic heterocycles. The van der Waals surface area contributed by atoms with Crippen molar-refractivity contribution in [2.75, 3.05) is 18.0 Å². The molecule has 0 aromatic carbocycles. The Bertz CT molecular complexity index is 437. The molecule has 1 fully saturated rings. The van der Waals surface area contributed by atoms with Crippen molar-refractivity contribution < 1.29 is 9.50 Å². The fourth-order valence-electron chi connectivity index (χ4n) is 2.66. The van der Waals surface area contributed by atoms with Crippen LogP contribution in [0.2, 0.25) is 0 Å². The van der Waals surface area contributed by atoms with Crippen LogP contribution in [0, 0.1) is 11.7 Å². The van der Waals surface area contributed by atoms with Gasteiger partial charge in [-0.05, 0) is 39.0 Å². The van der Waals surface area contributed by atoms with Gasteiger partial charge < -0.3 is 10.0 Å². The predicted octanol–water partition coefficient (Wildman–Crippen LogP) is 2.17. The van der Waals surface area contributed by atoms with Gasteiger partial charge in [-0.3, -0.25) is 0 Å². The van der Waals surface area contributed by atoms with Gasteiger partial charge in [-0.2, -0.15) is 0 Å². The summed E-state index contributed by atoms with van der Waals surface area (Å²) >= 11 is 0. The van der Waals surface area contributed by atoms with Crippen molar-refractivity contribution in [1.82, 2.24) is 9.97 Å². The summed E-state index contributed by atoms with van der Waals surface area (Å²) in [5.74, 6) is 0.368. The fourth-order valence-corrected chi connectivity index (χ4v) is 2.66. The van der Waals surface area contributed by atoms with Crippen molar-refractivity contribution in [3.05, 3.63) is 17.8 Å². The highest BCUT2D eigenvalue weighted by Crippen LogP contribution is 2.30. The molecule has 0 amide bonds. The molecule has 5 heteroatoms. The largest absolute Gasteiger partial charge is 0.390 e. The maximum atomic E-state index is 14.2. The summed E-state index contributed by atoms with van der Waals surface area (Å²) in [6, 6.07) is 0. The summed E-state index contributed by atoms with van der Waals surface area (Å²) in [7, 11) is 0. The van der Waals surface area contributed by atoms with Gasteiger partial charge in [0, 0.05) is 13.1 Å². The summed E-state index contributed by atoms with van der Waals surface area (Å²) in [6.07, 6.45) is 3.71. The Morgan fingerprint density at radius 1 is 1.37 bits per heavy atom. The molecule has 0 saturated carbocycles. The molecule has 4 nitrogen and oxygen atoms in total. The fraction of sp³-hybridized carbons (Fsp3) is 0.714. The average molecular weight is 267 g/mol. The Kier molecular flexibility index (Phi) is 4.04. The van der Waals surface area contributed by atoms with Crippen LogP contribution in [0.15, 0.2) is 6.33 Å². The maximum absolute atomic E-state index is 14.2. The summed E-state index contributed by atoms with van der Waals surface area (Å²) in [5.41, 5.74) is -0.195. The third-order valence-electron chi connectivity index (χ3n) is 3.97. The number of aromatic nitrogens is 2. The monoisotopic (exact) mass is 267 g/mol. The van der Waals surface area contributed by atoms with Crippen molar-refractivity contribution in [3.8, 4) is 0 Å². The van der Waals surface area contributed by atoms with Crippen molar-refractivity contribution in [1.29, 1.82) is 0 Å². The number of rotatable bonds is 3. The lowest BCUT2D eigenvalue weighted by atomic mass is 9.83. The number of halogens is 1. The van der Waals surface area contributed by atoms with E-state index in [1.165, 1.54) is 6.33 Å². The summed E-state index contributed by atoms with van der Waals surface area (Å²) in [5, 5.41) is 10.0. The highest BCUT2D eigenvalue weighted by molar-refractivity contribution is 5.41. The Hall–Kier alpha value is -1.23. The van der Waals surface area contributed by atoms with Crippen LogP contribution >= 0.6 is 0 Å². The van der Waals surface area contributed by atoms with Crippen LogP contribution in [0.3, 0.4) is 0 Å². The SMILES string of the molecule is CCc1ncnc(N2CCC(C(C)(C)O)CC2)c1F. The van der Waals surface area contributed by atoms with Gasteiger partial charge in [0.25, 0.3) is 0 Å². The Morgan fingerprint density at radius 2 is 2.00 bits per heavy atom. The molecule has 0 atom stereocenters. The van der Waals surface area contributed by atoms with E-state index in [2.05, 4.69) is 9.97 Å². The maximum Gasteiger partial charge on any atom is 0.187 e. The van der Waals surface area contributed by atoms with E-state index in [1.54, 1.807) is 0 Å². The van der Waals surface area contributed by atoms with Crippen LogP contribution in [-0.2, 0) is 6.42 Å². The third kappa shape index (κ3) is 3.03. The number of anilines is 1. The first-order chi connectivity index (χ1) is 8.93. The second kappa shape index (κ2) is 5.41. The molecule has 0 unspecified atom stereocenters. The second-order valence-corrected chi connectivity index (χ2v) is 5.73. The zero-order chi connectivity index (χ0) is 14.0. The molecule has 0 aliphatic carbocycles. The molecule has 2 rings (SSSR count). The predicted molar refractivity (Wildman–Crippen MR) is 72.6 cm³/mol. The Balaban J connectivity index is 2.10. The molecule has 106 valence electrons. The third-order valence-corrected chi connectivity index (χ3v) is 3.97. The van der Waals surface area contributed by atoms with E-state index in [9.17, 15) is 9.50 Å². The number of piperidine rings is 1. The van der Waals surface area contributed by atoms with Crippen molar-refractivity contribution in [3.63, 3.8) is 0 Å². The van der Waals surface area contributed by atoms with Gasteiger partial charge in [0.15, 0.2) is 11.6 Å². The van der Waals surface area contributed by atoms with Crippen LogP contribution in [0.4, 0.5) is 10.2 Å². The van der Waals surface area contributed by atoms with Gasteiger partial charge in [0.2, 0.25) is 0 Å². The number of nitrogens with zero attached hydrogens (tertiary/aromatic N) is 3. The van der Waals surface area contributed by atoms with E-state index in [0.717, 1.165) is 25.9 Å². The number of hydrogen-bond donors (Lipinski definition) is 1. The molecule has 0 spiro atoms. The minimum atomic E-state index is -0.662. The highest BCUT2D eigenvalue weighted by Gasteiger charge is 2.31. The second-order valence-electron chi connectivity index (χ2n) is 5.73. The average Bonchev–Trinajstić information content (AvgIpc) is 2.38. The number of aliphatic hydroxyl groups is 1. The van der Waals surface area contributed by atoms with E-state index < -0.39 is 5.60 Å². The molecular formula is C14H22FN3O.